The summed E-state index contributed by atoms with van der Waals surface area (Å²) in [5.74, 6) is -0.734. The number of carbonyl (C=O) groups excluding carboxylic acids is 1. The molecule has 2 N–H and O–H groups in total. The predicted octanol–water partition coefficient (Wildman–Crippen LogP) is 4.90. The van der Waals surface area contributed by atoms with Crippen LogP contribution in [0.25, 0.3) is 6.08 Å². The number of amides is 1. The average Bonchev–Trinajstić information content (AvgIpc) is 2.71. The molecule has 0 atom stereocenters. The lowest BCUT2D eigenvalue weighted by atomic mass is 10.1. The fourth-order valence-electron chi connectivity index (χ4n) is 2.82. The fraction of sp³-hybridized carbons (Fsp3) is 0.0870. The van der Waals surface area contributed by atoms with Crippen LogP contribution in [0, 0.1) is 19.7 Å². The van der Waals surface area contributed by atoms with Gasteiger partial charge in [-0.05, 0) is 73.0 Å². The van der Waals surface area contributed by atoms with Gasteiger partial charge in [-0.25, -0.2) is 12.8 Å². The number of benzene rings is 3. The normalized spacial score (nSPS) is 11.4. The second-order valence-electron chi connectivity index (χ2n) is 6.77. The molecule has 1 amide bonds. The highest BCUT2D eigenvalue weighted by molar-refractivity contribution is 7.92. The number of rotatable bonds is 6. The summed E-state index contributed by atoms with van der Waals surface area (Å²) in [7, 11) is -3.76. The molecule has 0 bridgehead atoms. The first-order valence-electron chi connectivity index (χ1n) is 9.18. The highest BCUT2D eigenvalue weighted by atomic mass is 32.2. The molecule has 0 aromatic heterocycles. The SMILES string of the molecule is Cc1cccc(C)c1NS(=O)(=O)c1ccc(NC(=O)/C=C/c2ccc(F)cc2)cc1. The first kappa shape index (κ1) is 21.3. The quantitative estimate of drug-likeness (QED) is 0.553. The first-order valence-corrected chi connectivity index (χ1v) is 10.7. The van der Waals surface area contributed by atoms with Crippen molar-refractivity contribution in [2.45, 2.75) is 18.7 Å². The number of sulfonamides is 1. The number of aryl methyl sites for hydroxylation is 2. The van der Waals surface area contributed by atoms with Gasteiger partial charge in [0.15, 0.2) is 0 Å². The highest BCUT2D eigenvalue weighted by Gasteiger charge is 2.16. The Morgan fingerprint density at radius 1 is 0.900 bits per heavy atom. The lowest BCUT2D eigenvalue weighted by molar-refractivity contribution is -0.111. The summed E-state index contributed by atoms with van der Waals surface area (Å²) in [5, 5.41) is 2.66. The summed E-state index contributed by atoms with van der Waals surface area (Å²) >= 11 is 0. The van der Waals surface area contributed by atoms with Gasteiger partial charge in [-0.15, -0.1) is 0 Å². The third-order valence-corrected chi connectivity index (χ3v) is 5.81. The van der Waals surface area contributed by atoms with E-state index in [0.29, 0.717) is 16.9 Å². The van der Waals surface area contributed by atoms with E-state index in [9.17, 15) is 17.6 Å². The highest BCUT2D eigenvalue weighted by Crippen LogP contribution is 2.24. The molecule has 0 aliphatic carbocycles. The van der Waals surface area contributed by atoms with Crippen molar-refractivity contribution >= 4 is 33.4 Å². The van der Waals surface area contributed by atoms with E-state index in [1.54, 1.807) is 18.2 Å². The van der Waals surface area contributed by atoms with Gasteiger partial charge in [-0.1, -0.05) is 30.3 Å². The van der Waals surface area contributed by atoms with Crippen LogP contribution < -0.4 is 10.0 Å². The number of nitrogens with one attached hydrogen (secondary N) is 2. The Kier molecular flexibility index (Phi) is 6.32. The summed E-state index contributed by atoms with van der Waals surface area (Å²) in [5.41, 5.74) is 3.35. The number of halogens is 1. The van der Waals surface area contributed by atoms with E-state index in [2.05, 4.69) is 10.0 Å². The maximum Gasteiger partial charge on any atom is 0.261 e. The molecule has 0 fully saturated rings. The molecule has 0 saturated heterocycles. The maximum absolute atomic E-state index is 12.9. The van der Waals surface area contributed by atoms with Gasteiger partial charge in [0.05, 0.1) is 10.6 Å². The van der Waals surface area contributed by atoms with Crippen molar-refractivity contribution in [3.63, 3.8) is 0 Å². The number of anilines is 2. The van der Waals surface area contributed by atoms with Gasteiger partial charge in [-0.2, -0.15) is 0 Å². The molecule has 3 aromatic rings. The molecule has 0 aliphatic rings. The molecule has 0 aliphatic heterocycles. The summed E-state index contributed by atoms with van der Waals surface area (Å²) in [6.45, 7) is 3.67. The Balaban J connectivity index is 1.68. The molecule has 30 heavy (non-hydrogen) atoms. The van der Waals surface area contributed by atoms with Crippen LogP contribution >= 0.6 is 0 Å². The molecule has 0 unspecified atom stereocenters. The third-order valence-electron chi connectivity index (χ3n) is 4.45. The molecule has 0 spiro atoms. The van der Waals surface area contributed by atoms with Gasteiger partial charge in [0, 0.05) is 11.8 Å². The maximum atomic E-state index is 12.9. The zero-order valence-electron chi connectivity index (χ0n) is 16.5. The largest absolute Gasteiger partial charge is 0.323 e. The molecule has 7 heteroatoms. The van der Waals surface area contributed by atoms with Crippen molar-refractivity contribution in [2.24, 2.45) is 0 Å². The second kappa shape index (κ2) is 8.92. The predicted molar refractivity (Wildman–Crippen MR) is 117 cm³/mol. The summed E-state index contributed by atoms with van der Waals surface area (Å²) in [6, 6.07) is 17.2. The minimum absolute atomic E-state index is 0.0880. The molecular weight excluding hydrogens is 403 g/mol. The molecule has 5 nitrogen and oxygen atoms in total. The van der Waals surface area contributed by atoms with E-state index in [1.807, 2.05) is 32.0 Å². The molecular formula is C23H21FN2O3S. The second-order valence-corrected chi connectivity index (χ2v) is 8.45. The van der Waals surface area contributed by atoms with Gasteiger partial charge in [0.25, 0.3) is 10.0 Å². The van der Waals surface area contributed by atoms with E-state index >= 15 is 0 Å². The van der Waals surface area contributed by atoms with Crippen LogP contribution in [0.5, 0.6) is 0 Å². The van der Waals surface area contributed by atoms with Crippen molar-refractivity contribution < 1.29 is 17.6 Å². The van der Waals surface area contributed by atoms with E-state index in [0.717, 1.165) is 11.1 Å². The zero-order chi connectivity index (χ0) is 21.7. The average molecular weight is 424 g/mol. The first-order chi connectivity index (χ1) is 14.2. The van der Waals surface area contributed by atoms with Crippen LogP contribution in [0.4, 0.5) is 15.8 Å². The standard InChI is InChI=1S/C23H21FN2O3S/c1-16-4-3-5-17(2)23(16)26-30(28,29)21-13-11-20(12-14-21)25-22(27)15-8-18-6-9-19(24)10-7-18/h3-15,26H,1-2H3,(H,25,27)/b15-8+. The van der Waals surface area contributed by atoms with Crippen molar-refractivity contribution in [1.82, 2.24) is 0 Å². The molecule has 3 rings (SSSR count). The van der Waals surface area contributed by atoms with Crippen molar-refractivity contribution in [3.05, 3.63) is 95.3 Å². The van der Waals surface area contributed by atoms with Gasteiger partial charge in [0.1, 0.15) is 5.82 Å². The van der Waals surface area contributed by atoms with Crippen molar-refractivity contribution in [3.8, 4) is 0 Å². The summed E-state index contributed by atoms with van der Waals surface area (Å²) in [6.07, 6.45) is 2.88. The number of hydrogen-bond acceptors (Lipinski definition) is 3. The van der Waals surface area contributed by atoms with E-state index in [-0.39, 0.29) is 16.6 Å². The van der Waals surface area contributed by atoms with Crippen LogP contribution in [0.3, 0.4) is 0 Å². The Morgan fingerprint density at radius 3 is 2.10 bits per heavy atom. The topological polar surface area (TPSA) is 75.3 Å². The van der Waals surface area contributed by atoms with Gasteiger partial charge < -0.3 is 5.32 Å². The fourth-order valence-corrected chi connectivity index (χ4v) is 4.02. The third kappa shape index (κ3) is 5.33. The Bertz CT molecular complexity index is 1170. The zero-order valence-corrected chi connectivity index (χ0v) is 17.3. The van der Waals surface area contributed by atoms with E-state index in [1.165, 1.54) is 42.5 Å². The molecule has 0 radical (unpaired) electrons. The number of carbonyl (C=O) groups is 1. The minimum atomic E-state index is -3.76. The summed E-state index contributed by atoms with van der Waals surface area (Å²) < 4.78 is 40.9. The van der Waals surface area contributed by atoms with E-state index < -0.39 is 10.0 Å². The lowest BCUT2D eigenvalue weighted by Gasteiger charge is -2.13. The van der Waals surface area contributed by atoms with Crippen LogP contribution in [0.15, 0.2) is 77.7 Å². The van der Waals surface area contributed by atoms with Crippen LogP contribution in [0.2, 0.25) is 0 Å². The van der Waals surface area contributed by atoms with E-state index in [4.69, 9.17) is 0 Å². The minimum Gasteiger partial charge on any atom is -0.323 e. The molecule has 3 aromatic carbocycles. The van der Waals surface area contributed by atoms with Gasteiger partial charge in [-0.3, -0.25) is 9.52 Å². The van der Waals surface area contributed by atoms with Crippen LogP contribution in [-0.4, -0.2) is 14.3 Å². The molecule has 0 heterocycles. The van der Waals surface area contributed by atoms with Gasteiger partial charge >= 0.3 is 0 Å². The Labute approximate surface area is 175 Å². The monoisotopic (exact) mass is 424 g/mol. The number of para-hydroxylation sites is 1. The van der Waals surface area contributed by atoms with Gasteiger partial charge in [0.2, 0.25) is 5.91 Å². The Hall–Kier alpha value is -3.45. The lowest BCUT2D eigenvalue weighted by Crippen LogP contribution is -2.15. The molecule has 0 saturated carbocycles. The van der Waals surface area contributed by atoms with Crippen molar-refractivity contribution in [2.75, 3.05) is 10.0 Å². The van der Waals surface area contributed by atoms with Crippen LogP contribution in [0.1, 0.15) is 16.7 Å². The molecule has 154 valence electrons. The Morgan fingerprint density at radius 2 is 1.50 bits per heavy atom. The van der Waals surface area contributed by atoms with Crippen LogP contribution in [-0.2, 0) is 14.8 Å². The number of hydrogen-bond donors (Lipinski definition) is 2. The van der Waals surface area contributed by atoms with Crippen molar-refractivity contribution in [1.29, 1.82) is 0 Å². The summed E-state index contributed by atoms with van der Waals surface area (Å²) in [4.78, 5) is 12.1. The smallest absolute Gasteiger partial charge is 0.261 e.